The Morgan fingerprint density at radius 1 is 1.56 bits per heavy atom. The van der Waals surface area contributed by atoms with E-state index in [9.17, 15) is 9.59 Å². The lowest BCUT2D eigenvalue weighted by molar-refractivity contribution is 0.178. The number of hydrogen-bond donors (Lipinski definition) is 1. The smallest absolute Gasteiger partial charge is 0.229 e. The number of rotatable bonds is 4. The molecular weight excluding hydrogens is 120 g/mol. The summed E-state index contributed by atoms with van der Waals surface area (Å²) in [6, 6.07) is 0. The first kappa shape index (κ1) is 8.30. The predicted molar refractivity (Wildman–Crippen MR) is 31.2 cm³/mol. The van der Waals surface area contributed by atoms with E-state index in [1.165, 1.54) is 6.29 Å². The second-order valence-electron chi connectivity index (χ2n) is 1.89. The zero-order chi connectivity index (χ0) is 7.28. The van der Waals surface area contributed by atoms with Gasteiger partial charge in [0.1, 0.15) is 6.10 Å². The maximum Gasteiger partial charge on any atom is 0.229 e. The van der Waals surface area contributed by atoms with Crippen LogP contribution in [0, 0.1) is 5.92 Å². The van der Waals surface area contributed by atoms with Gasteiger partial charge in [0.2, 0.25) is 6.29 Å². The lowest BCUT2D eigenvalue weighted by atomic mass is 10.0. The Hall–Kier alpha value is -0.700. The zero-order valence-corrected chi connectivity index (χ0v) is 5.13. The van der Waals surface area contributed by atoms with E-state index in [1.807, 2.05) is 0 Å². The van der Waals surface area contributed by atoms with Gasteiger partial charge < -0.3 is 5.11 Å². The van der Waals surface area contributed by atoms with Gasteiger partial charge in [0, 0.05) is 6.42 Å². The molecule has 0 aromatic rings. The standard InChI is InChI=1S/C6H8O3/c1-5(2-3-7)6(9)4-8/h5-6,9H,2H2,1H3. The summed E-state index contributed by atoms with van der Waals surface area (Å²) in [7, 11) is 0. The first-order chi connectivity index (χ1) is 4.22. The topological polar surface area (TPSA) is 54.4 Å². The van der Waals surface area contributed by atoms with E-state index in [2.05, 4.69) is 0 Å². The summed E-state index contributed by atoms with van der Waals surface area (Å²) in [5.74, 6) is -0.361. The van der Waals surface area contributed by atoms with Crippen molar-refractivity contribution in [3.05, 3.63) is 0 Å². The predicted octanol–water partition coefficient (Wildman–Crippen LogP) is -0.407. The third-order valence-corrected chi connectivity index (χ3v) is 1.07. The number of aliphatic hydroxyl groups is 1. The van der Waals surface area contributed by atoms with E-state index < -0.39 is 6.10 Å². The van der Waals surface area contributed by atoms with Gasteiger partial charge in [0.05, 0.1) is 0 Å². The molecule has 3 nitrogen and oxygen atoms in total. The van der Waals surface area contributed by atoms with Crippen molar-refractivity contribution in [2.75, 3.05) is 0 Å². The fourth-order valence-corrected chi connectivity index (χ4v) is 0.359. The minimum absolute atomic E-state index is 0.0798. The molecule has 0 heterocycles. The van der Waals surface area contributed by atoms with Crippen LogP contribution in [-0.2, 0) is 9.59 Å². The van der Waals surface area contributed by atoms with Gasteiger partial charge in [-0.05, 0) is 5.92 Å². The molecule has 2 radical (unpaired) electrons. The fraction of sp³-hybridized carbons (Fsp3) is 0.667. The molecule has 0 saturated heterocycles. The largest absolute Gasteiger partial charge is 0.385 e. The first-order valence-corrected chi connectivity index (χ1v) is 2.63. The average molecular weight is 128 g/mol. The second kappa shape index (κ2) is 4.21. The summed E-state index contributed by atoms with van der Waals surface area (Å²) < 4.78 is 0. The molecule has 0 bridgehead atoms. The number of aliphatic hydroxyl groups excluding tert-OH is 1. The molecule has 50 valence electrons. The Bertz CT molecular complexity index is 100. The molecule has 2 unspecified atom stereocenters. The van der Waals surface area contributed by atoms with E-state index in [0.29, 0.717) is 0 Å². The summed E-state index contributed by atoms with van der Waals surface area (Å²) in [6.45, 7) is 1.58. The molecule has 0 aromatic heterocycles. The van der Waals surface area contributed by atoms with Gasteiger partial charge in [0.15, 0.2) is 6.29 Å². The van der Waals surface area contributed by atoms with Crippen LogP contribution in [-0.4, -0.2) is 23.8 Å². The highest BCUT2D eigenvalue weighted by atomic mass is 16.3. The maximum atomic E-state index is 9.72. The van der Waals surface area contributed by atoms with Crippen molar-refractivity contribution in [1.82, 2.24) is 0 Å². The van der Waals surface area contributed by atoms with Gasteiger partial charge in [-0.1, -0.05) is 6.92 Å². The third-order valence-electron chi connectivity index (χ3n) is 1.07. The van der Waals surface area contributed by atoms with Crippen LogP contribution < -0.4 is 0 Å². The molecule has 0 aliphatic heterocycles. The van der Waals surface area contributed by atoms with Crippen molar-refractivity contribution in [1.29, 1.82) is 0 Å². The van der Waals surface area contributed by atoms with Crippen molar-refractivity contribution >= 4 is 12.6 Å². The SMILES string of the molecule is CC(C[C]=O)C(O)[C]=O. The summed E-state index contributed by atoms with van der Waals surface area (Å²) in [5.41, 5.74) is 0. The van der Waals surface area contributed by atoms with Crippen LogP contribution in [0.1, 0.15) is 13.3 Å². The molecule has 0 aromatic carbocycles. The summed E-state index contributed by atoms with van der Waals surface area (Å²) >= 11 is 0. The van der Waals surface area contributed by atoms with Crippen molar-refractivity contribution in [2.45, 2.75) is 19.4 Å². The quantitative estimate of drug-likeness (QED) is 0.560. The minimum atomic E-state index is -1.15. The molecule has 0 spiro atoms. The van der Waals surface area contributed by atoms with Gasteiger partial charge in [-0.15, -0.1) is 0 Å². The Morgan fingerprint density at radius 3 is 2.44 bits per heavy atom. The lowest BCUT2D eigenvalue weighted by Gasteiger charge is -2.06. The Labute approximate surface area is 53.7 Å². The highest BCUT2D eigenvalue weighted by molar-refractivity contribution is 5.59. The molecule has 0 aliphatic carbocycles. The molecule has 0 amide bonds. The third kappa shape index (κ3) is 2.98. The number of hydrogen-bond acceptors (Lipinski definition) is 3. The van der Waals surface area contributed by atoms with E-state index in [4.69, 9.17) is 5.11 Å². The van der Waals surface area contributed by atoms with Gasteiger partial charge in [-0.25, -0.2) is 0 Å². The van der Waals surface area contributed by atoms with Crippen LogP contribution in [0.15, 0.2) is 0 Å². The average Bonchev–Trinajstić information content (AvgIpc) is 1.87. The van der Waals surface area contributed by atoms with E-state index >= 15 is 0 Å². The normalized spacial score (nSPS) is 16.2. The summed E-state index contributed by atoms with van der Waals surface area (Å²) in [4.78, 5) is 19.4. The highest BCUT2D eigenvalue weighted by Gasteiger charge is 2.12. The molecule has 0 rings (SSSR count). The molecule has 0 aliphatic rings. The van der Waals surface area contributed by atoms with E-state index in [0.717, 1.165) is 0 Å². The van der Waals surface area contributed by atoms with Gasteiger partial charge in [0.25, 0.3) is 0 Å². The van der Waals surface area contributed by atoms with Gasteiger partial charge in [-0.2, -0.15) is 0 Å². The highest BCUT2D eigenvalue weighted by Crippen LogP contribution is 2.02. The maximum absolute atomic E-state index is 9.72. The summed E-state index contributed by atoms with van der Waals surface area (Å²) in [6.07, 6.45) is 1.90. The Morgan fingerprint density at radius 2 is 2.11 bits per heavy atom. The molecule has 3 heteroatoms. The molecule has 2 atom stereocenters. The van der Waals surface area contributed by atoms with Crippen LogP contribution in [0.5, 0.6) is 0 Å². The molecule has 0 fully saturated rings. The van der Waals surface area contributed by atoms with E-state index in [1.54, 1.807) is 13.2 Å². The van der Waals surface area contributed by atoms with Crippen molar-refractivity contribution in [3.8, 4) is 0 Å². The minimum Gasteiger partial charge on any atom is -0.385 e. The van der Waals surface area contributed by atoms with Crippen molar-refractivity contribution in [2.24, 2.45) is 5.92 Å². The van der Waals surface area contributed by atoms with Crippen LogP contribution in [0.4, 0.5) is 0 Å². The molecule has 1 N–H and O–H groups in total. The number of carbonyl (C=O) groups excluding carboxylic acids is 2. The van der Waals surface area contributed by atoms with Crippen molar-refractivity contribution < 1.29 is 14.7 Å². The molecule has 9 heavy (non-hydrogen) atoms. The van der Waals surface area contributed by atoms with Crippen LogP contribution in [0.2, 0.25) is 0 Å². The zero-order valence-electron chi connectivity index (χ0n) is 5.13. The van der Waals surface area contributed by atoms with Gasteiger partial charge in [-0.3, -0.25) is 9.59 Å². The molecule has 0 saturated carbocycles. The monoisotopic (exact) mass is 128 g/mol. The second-order valence-corrected chi connectivity index (χ2v) is 1.89. The van der Waals surface area contributed by atoms with Crippen LogP contribution >= 0.6 is 0 Å². The fourth-order valence-electron chi connectivity index (χ4n) is 0.359. The molecular formula is C6H8O3. The Kier molecular flexibility index (Phi) is 3.88. The summed E-state index contributed by atoms with van der Waals surface area (Å²) in [5, 5.41) is 8.66. The first-order valence-electron chi connectivity index (χ1n) is 2.63. The Balaban J connectivity index is 3.56. The van der Waals surface area contributed by atoms with Crippen LogP contribution in [0.25, 0.3) is 0 Å². The van der Waals surface area contributed by atoms with E-state index in [-0.39, 0.29) is 12.3 Å². The van der Waals surface area contributed by atoms with Crippen LogP contribution in [0.3, 0.4) is 0 Å². The lowest BCUT2D eigenvalue weighted by Crippen LogP contribution is -2.18. The van der Waals surface area contributed by atoms with Crippen molar-refractivity contribution in [3.63, 3.8) is 0 Å². The van der Waals surface area contributed by atoms with Gasteiger partial charge >= 0.3 is 0 Å².